The highest BCUT2D eigenvalue weighted by Gasteiger charge is 2.19. The van der Waals surface area contributed by atoms with Crippen LogP contribution >= 0.6 is 23.4 Å². The van der Waals surface area contributed by atoms with E-state index in [1.54, 1.807) is 16.3 Å². The van der Waals surface area contributed by atoms with Crippen LogP contribution in [0.15, 0.2) is 64.5 Å². The summed E-state index contributed by atoms with van der Waals surface area (Å²) in [5, 5.41) is 8.20. The molecular formula is C18H18ClN3OS. The van der Waals surface area contributed by atoms with Gasteiger partial charge in [-0.1, -0.05) is 72.8 Å². The largest absolute Gasteiger partial charge is 0.343 e. The second-order valence-electron chi connectivity index (χ2n) is 5.42. The van der Waals surface area contributed by atoms with Crippen LogP contribution in [0.3, 0.4) is 0 Å². The Kier molecular flexibility index (Phi) is 5.43. The van der Waals surface area contributed by atoms with Gasteiger partial charge >= 0.3 is 5.69 Å². The number of halogens is 1. The van der Waals surface area contributed by atoms with Crippen LogP contribution in [0.1, 0.15) is 29.7 Å². The Hall–Kier alpha value is -1.98. The highest BCUT2D eigenvalue weighted by Crippen LogP contribution is 2.39. The molecule has 3 aromatic rings. The molecule has 1 atom stereocenters. The number of hydrogen-bond acceptors (Lipinski definition) is 3. The average molecular weight is 360 g/mol. The zero-order valence-corrected chi connectivity index (χ0v) is 14.8. The van der Waals surface area contributed by atoms with Crippen LogP contribution in [-0.2, 0) is 6.54 Å². The monoisotopic (exact) mass is 359 g/mol. The summed E-state index contributed by atoms with van der Waals surface area (Å²) in [4.78, 5) is 11.9. The first-order valence-electron chi connectivity index (χ1n) is 7.81. The van der Waals surface area contributed by atoms with Gasteiger partial charge < -0.3 is 0 Å². The van der Waals surface area contributed by atoms with Crippen LogP contribution < -0.4 is 5.69 Å². The van der Waals surface area contributed by atoms with Crippen molar-refractivity contribution in [2.24, 2.45) is 0 Å². The summed E-state index contributed by atoms with van der Waals surface area (Å²) < 4.78 is 1.69. The fourth-order valence-corrected chi connectivity index (χ4v) is 3.84. The highest BCUT2D eigenvalue weighted by molar-refractivity contribution is 7.99. The molecule has 4 nitrogen and oxygen atoms in total. The molecule has 0 aliphatic carbocycles. The molecule has 1 heterocycles. The maximum Gasteiger partial charge on any atom is 0.343 e. The molecule has 1 unspecified atom stereocenters. The third-order valence-electron chi connectivity index (χ3n) is 3.67. The Bertz CT molecular complexity index is 843. The molecule has 1 aromatic heterocycles. The lowest BCUT2D eigenvalue weighted by atomic mass is 10.0. The quantitative estimate of drug-likeness (QED) is 0.658. The van der Waals surface area contributed by atoms with Gasteiger partial charge in [0.05, 0.1) is 5.25 Å². The minimum absolute atomic E-state index is 0.0364. The Morgan fingerprint density at radius 1 is 1.12 bits per heavy atom. The van der Waals surface area contributed by atoms with E-state index in [0.29, 0.717) is 16.7 Å². The normalized spacial score (nSPS) is 12.2. The fourth-order valence-electron chi connectivity index (χ4n) is 2.51. The summed E-state index contributed by atoms with van der Waals surface area (Å²) in [5.74, 6) is 0. The zero-order valence-electron chi connectivity index (χ0n) is 13.3. The molecule has 0 bridgehead atoms. The Morgan fingerprint density at radius 2 is 1.79 bits per heavy atom. The number of benzene rings is 2. The van der Waals surface area contributed by atoms with Crippen molar-refractivity contribution in [1.82, 2.24) is 14.8 Å². The predicted molar refractivity (Wildman–Crippen MR) is 98.7 cm³/mol. The van der Waals surface area contributed by atoms with Crippen molar-refractivity contribution >= 4 is 23.4 Å². The first kappa shape index (κ1) is 16.9. The molecule has 0 radical (unpaired) electrons. The second kappa shape index (κ2) is 7.73. The van der Waals surface area contributed by atoms with E-state index in [1.807, 2.05) is 49.4 Å². The minimum atomic E-state index is -0.165. The molecule has 0 spiro atoms. The van der Waals surface area contributed by atoms with Crippen molar-refractivity contribution in [2.75, 3.05) is 0 Å². The van der Waals surface area contributed by atoms with Crippen LogP contribution in [0.25, 0.3) is 0 Å². The molecule has 1 N–H and O–H groups in total. The molecule has 0 aliphatic rings. The fraction of sp³-hybridized carbons (Fsp3) is 0.222. The van der Waals surface area contributed by atoms with Crippen molar-refractivity contribution < 1.29 is 0 Å². The summed E-state index contributed by atoms with van der Waals surface area (Å²) >= 11 is 7.59. The van der Waals surface area contributed by atoms with Gasteiger partial charge in [-0.05, 0) is 29.7 Å². The van der Waals surface area contributed by atoms with Crippen LogP contribution in [-0.4, -0.2) is 14.8 Å². The van der Waals surface area contributed by atoms with Gasteiger partial charge in [-0.25, -0.2) is 9.89 Å². The summed E-state index contributed by atoms with van der Waals surface area (Å²) in [6, 6.07) is 18.0. The van der Waals surface area contributed by atoms with E-state index in [2.05, 4.69) is 22.3 Å². The van der Waals surface area contributed by atoms with E-state index in [-0.39, 0.29) is 10.9 Å². The lowest BCUT2D eigenvalue weighted by Crippen LogP contribution is -2.17. The van der Waals surface area contributed by atoms with Gasteiger partial charge in [-0.15, -0.1) is 5.10 Å². The van der Waals surface area contributed by atoms with Crippen LogP contribution in [0.2, 0.25) is 5.02 Å². The first-order valence-corrected chi connectivity index (χ1v) is 9.07. The van der Waals surface area contributed by atoms with Crippen molar-refractivity contribution in [3.8, 4) is 0 Å². The SMILES string of the molecule is CCCn1c(SC(c2ccccc2)c2ccc(Cl)cc2)n[nH]c1=O. The van der Waals surface area contributed by atoms with E-state index in [0.717, 1.165) is 17.5 Å². The smallest absolute Gasteiger partial charge is 0.270 e. The summed E-state index contributed by atoms with van der Waals surface area (Å²) in [7, 11) is 0. The molecule has 0 fully saturated rings. The maximum atomic E-state index is 11.9. The lowest BCUT2D eigenvalue weighted by molar-refractivity contribution is 0.603. The van der Waals surface area contributed by atoms with Crippen LogP contribution in [0.5, 0.6) is 0 Å². The van der Waals surface area contributed by atoms with Crippen molar-refractivity contribution in [3.05, 3.63) is 81.2 Å². The van der Waals surface area contributed by atoms with E-state index in [1.165, 1.54) is 0 Å². The molecule has 124 valence electrons. The summed E-state index contributed by atoms with van der Waals surface area (Å²) in [6.07, 6.45) is 0.879. The number of rotatable bonds is 6. The molecule has 2 aromatic carbocycles. The first-order chi connectivity index (χ1) is 11.7. The zero-order chi connectivity index (χ0) is 16.9. The van der Waals surface area contributed by atoms with Gasteiger partial charge in [0.25, 0.3) is 0 Å². The lowest BCUT2D eigenvalue weighted by Gasteiger charge is -2.17. The molecule has 0 amide bonds. The molecular weight excluding hydrogens is 342 g/mol. The van der Waals surface area contributed by atoms with Gasteiger partial charge in [-0.3, -0.25) is 4.57 Å². The Morgan fingerprint density at radius 3 is 2.46 bits per heavy atom. The average Bonchev–Trinajstić information content (AvgIpc) is 2.95. The number of nitrogens with one attached hydrogen (secondary N) is 1. The molecule has 0 saturated carbocycles. The standard InChI is InChI=1S/C18H18ClN3OS/c1-2-12-22-17(23)20-21-18(22)24-16(13-6-4-3-5-7-13)14-8-10-15(19)11-9-14/h3-11,16H,2,12H2,1H3,(H,20,23). The number of H-pyrrole nitrogens is 1. The maximum absolute atomic E-state index is 11.9. The third-order valence-corrected chi connectivity index (χ3v) is 5.22. The van der Waals surface area contributed by atoms with Gasteiger partial charge in [0.2, 0.25) is 0 Å². The molecule has 24 heavy (non-hydrogen) atoms. The minimum Gasteiger partial charge on any atom is -0.270 e. The second-order valence-corrected chi connectivity index (χ2v) is 6.93. The summed E-state index contributed by atoms with van der Waals surface area (Å²) in [6.45, 7) is 2.70. The van der Waals surface area contributed by atoms with Crippen LogP contribution in [0, 0.1) is 0 Å². The number of thioether (sulfide) groups is 1. The third kappa shape index (κ3) is 3.74. The summed E-state index contributed by atoms with van der Waals surface area (Å²) in [5.41, 5.74) is 2.11. The van der Waals surface area contributed by atoms with Crippen LogP contribution in [0.4, 0.5) is 0 Å². The predicted octanol–water partition coefficient (Wildman–Crippen LogP) is 4.52. The Balaban J connectivity index is 2.00. The van der Waals surface area contributed by atoms with E-state index in [4.69, 9.17) is 11.6 Å². The van der Waals surface area contributed by atoms with Gasteiger partial charge in [0.15, 0.2) is 5.16 Å². The number of aromatic amines is 1. The van der Waals surface area contributed by atoms with Crippen molar-refractivity contribution in [3.63, 3.8) is 0 Å². The molecule has 3 rings (SSSR count). The van der Waals surface area contributed by atoms with E-state index >= 15 is 0 Å². The number of nitrogens with zero attached hydrogens (tertiary/aromatic N) is 2. The van der Waals surface area contributed by atoms with Crippen molar-refractivity contribution in [2.45, 2.75) is 30.3 Å². The number of aromatic nitrogens is 3. The van der Waals surface area contributed by atoms with Gasteiger partial charge in [0.1, 0.15) is 0 Å². The van der Waals surface area contributed by atoms with Gasteiger partial charge in [0, 0.05) is 11.6 Å². The highest BCUT2D eigenvalue weighted by atomic mass is 35.5. The van der Waals surface area contributed by atoms with E-state index in [9.17, 15) is 4.79 Å². The molecule has 6 heteroatoms. The van der Waals surface area contributed by atoms with E-state index < -0.39 is 0 Å². The number of hydrogen-bond donors (Lipinski definition) is 1. The molecule has 0 saturated heterocycles. The topological polar surface area (TPSA) is 50.7 Å². The van der Waals surface area contributed by atoms with Gasteiger partial charge in [-0.2, -0.15) is 0 Å². The molecule has 0 aliphatic heterocycles. The Labute approximate surface area is 149 Å². The van der Waals surface area contributed by atoms with Crippen molar-refractivity contribution in [1.29, 1.82) is 0 Å².